The third-order valence-corrected chi connectivity index (χ3v) is 3.23. The van der Waals surface area contributed by atoms with E-state index in [0.717, 1.165) is 26.1 Å². The summed E-state index contributed by atoms with van der Waals surface area (Å²) in [5, 5.41) is 3.39. The van der Waals surface area contributed by atoms with Crippen LogP contribution in [0, 0.1) is 0 Å². The molecular formula is C14H25N3. The second kappa shape index (κ2) is 7.28. The quantitative estimate of drug-likeness (QED) is 0.787. The molecule has 1 N–H and O–H groups in total. The number of hydrogen-bond acceptors (Lipinski definition) is 3. The fourth-order valence-electron chi connectivity index (χ4n) is 2.02. The van der Waals surface area contributed by atoms with Crippen LogP contribution in [0.4, 0.5) is 5.69 Å². The van der Waals surface area contributed by atoms with Gasteiger partial charge in [0.2, 0.25) is 0 Å². The van der Waals surface area contributed by atoms with E-state index in [1.165, 1.54) is 11.3 Å². The van der Waals surface area contributed by atoms with Gasteiger partial charge in [0.15, 0.2) is 0 Å². The molecule has 1 atom stereocenters. The highest BCUT2D eigenvalue weighted by Crippen LogP contribution is 2.22. The molecule has 1 aromatic rings. The summed E-state index contributed by atoms with van der Waals surface area (Å²) < 4.78 is 0. The summed E-state index contributed by atoms with van der Waals surface area (Å²) in [6.45, 7) is 11.8. The second-order valence-electron chi connectivity index (χ2n) is 4.33. The Morgan fingerprint density at radius 3 is 2.71 bits per heavy atom. The summed E-state index contributed by atoms with van der Waals surface area (Å²) in [6.07, 6.45) is 5.02. The van der Waals surface area contributed by atoms with Gasteiger partial charge in [-0.2, -0.15) is 0 Å². The monoisotopic (exact) mass is 235 g/mol. The van der Waals surface area contributed by atoms with Crippen molar-refractivity contribution < 1.29 is 0 Å². The molecule has 0 aliphatic carbocycles. The molecule has 1 rings (SSSR count). The molecule has 3 nitrogen and oxygen atoms in total. The summed E-state index contributed by atoms with van der Waals surface area (Å²) in [4.78, 5) is 6.70. The zero-order chi connectivity index (χ0) is 12.7. The Bertz CT molecular complexity index is 325. The molecule has 0 amide bonds. The topological polar surface area (TPSA) is 28.2 Å². The number of aromatic nitrogens is 1. The minimum atomic E-state index is 0.560. The largest absolute Gasteiger partial charge is 0.368 e. The minimum Gasteiger partial charge on any atom is -0.368 e. The van der Waals surface area contributed by atoms with E-state index >= 15 is 0 Å². The predicted octanol–water partition coefficient (Wildman–Crippen LogP) is 2.82. The average molecular weight is 235 g/mol. The Morgan fingerprint density at radius 2 is 2.12 bits per heavy atom. The lowest BCUT2D eigenvalue weighted by Crippen LogP contribution is -2.33. The van der Waals surface area contributed by atoms with Crippen molar-refractivity contribution in [2.45, 2.75) is 46.7 Å². The van der Waals surface area contributed by atoms with E-state index < -0.39 is 0 Å². The highest BCUT2D eigenvalue weighted by molar-refractivity contribution is 5.52. The van der Waals surface area contributed by atoms with Crippen LogP contribution >= 0.6 is 0 Å². The molecule has 0 fully saturated rings. The van der Waals surface area contributed by atoms with E-state index in [1.54, 1.807) is 0 Å². The van der Waals surface area contributed by atoms with Crippen molar-refractivity contribution in [3.63, 3.8) is 0 Å². The molecule has 1 heterocycles. The van der Waals surface area contributed by atoms with Crippen molar-refractivity contribution in [3.8, 4) is 0 Å². The number of nitrogens with one attached hydrogen (secondary N) is 1. The maximum atomic E-state index is 4.27. The van der Waals surface area contributed by atoms with E-state index in [4.69, 9.17) is 0 Å². The molecule has 0 aliphatic rings. The lowest BCUT2D eigenvalue weighted by Gasteiger charge is -2.31. The van der Waals surface area contributed by atoms with Crippen molar-refractivity contribution in [2.75, 3.05) is 18.0 Å². The molecule has 1 unspecified atom stereocenters. The number of hydrogen-bond donors (Lipinski definition) is 1. The molecule has 17 heavy (non-hydrogen) atoms. The van der Waals surface area contributed by atoms with Gasteiger partial charge in [-0.3, -0.25) is 4.98 Å². The third kappa shape index (κ3) is 3.70. The second-order valence-corrected chi connectivity index (χ2v) is 4.33. The normalized spacial score (nSPS) is 12.5. The Morgan fingerprint density at radius 1 is 1.35 bits per heavy atom. The molecule has 0 aromatic carbocycles. The van der Waals surface area contributed by atoms with Gasteiger partial charge in [-0.15, -0.1) is 0 Å². The molecule has 0 saturated heterocycles. The molecule has 3 heteroatoms. The standard InChI is InChI=1S/C14H25N3/c1-5-12(4)17(7-3)14-11-16-9-8-13(14)10-15-6-2/h8-9,11-12,15H,5-7,10H2,1-4H3. The summed E-state index contributed by atoms with van der Waals surface area (Å²) in [6, 6.07) is 2.67. The molecule has 0 saturated carbocycles. The summed E-state index contributed by atoms with van der Waals surface area (Å²) in [7, 11) is 0. The molecular weight excluding hydrogens is 210 g/mol. The Hall–Kier alpha value is -1.09. The smallest absolute Gasteiger partial charge is 0.0600 e. The van der Waals surface area contributed by atoms with Gasteiger partial charge in [0.1, 0.15) is 0 Å². The van der Waals surface area contributed by atoms with Crippen LogP contribution in [0.15, 0.2) is 18.5 Å². The van der Waals surface area contributed by atoms with Gasteiger partial charge in [0.25, 0.3) is 0 Å². The lowest BCUT2D eigenvalue weighted by atomic mass is 10.1. The molecule has 0 spiro atoms. The number of anilines is 1. The highest BCUT2D eigenvalue weighted by atomic mass is 15.2. The summed E-state index contributed by atoms with van der Waals surface area (Å²) in [5.41, 5.74) is 2.61. The average Bonchev–Trinajstić information content (AvgIpc) is 2.38. The van der Waals surface area contributed by atoms with Crippen molar-refractivity contribution in [3.05, 3.63) is 24.0 Å². The maximum absolute atomic E-state index is 4.27. The van der Waals surface area contributed by atoms with Crippen LogP contribution in [0.25, 0.3) is 0 Å². The van der Waals surface area contributed by atoms with E-state index in [-0.39, 0.29) is 0 Å². The molecule has 0 bridgehead atoms. The van der Waals surface area contributed by atoms with E-state index in [1.807, 2.05) is 12.4 Å². The van der Waals surface area contributed by atoms with Gasteiger partial charge in [-0.1, -0.05) is 13.8 Å². The van der Waals surface area contributed by atoms with Gasteiger partial charge in [0.05, 0.1) is 11.9 Å². The van der Waals surface area contributed by atoms with Gasteiger partial charge < -0.3 is 10.2 Å². The maximum Gasteiger partial charge on any atom is 0.0600 e. The molecule has 0 aliphatic heterocycles. The van der Waals surface area contributed by atoms with Crippen molar-refractivity contribution >= 4 is 5.69 Å². The third-order valence-electron chi connectivity index (χ3n) is 3.23. The first-order valence-corrected chi connectivity index (χ1v) is 6.64. The first kappa shape index (κ1) is 14.0. The van der Waals surface area contributed by atoms with E-state index in [9.17, 15) is 0 Å². The summed E-state index contributed by atoms with van der Waals surface area (Å²) >= 11 is 0. The zero-order valence-electron chi connectivity index (χ0n) is 11.5. The molecule has 96 valence electrons. The first-order chi connectivity index (χ1) is 8.24. The lowest BCUT2D eigenvalue weighted by molar-refractivity contribution is 0.622. The zero-order valence-corrected chi connectivity index (χ0v) is 11.5. The van der Waals surface area contributed by atoms with E-state index in [0.29, 0.717) is 6.04 Å². The molecule has 0 radical (unpaired) electrons. The van der Waals surface area contributed by atoms with Crippen LogP contribution in [-0.4, -0.2) is 24.1 Å². The van der Waals surface area contributed by atoms with Gasteiger partial charge in [-0.05, 0) is 38.4 Å². The predicted molar refractivity (Wildman–Crippen MR) is 74.4 cm³/mol. The Balaban J connectivity index is 2.93. The highest BCUT2D eigenvalue weighted by Gasteiger charge is 2.14. The SMILES string of the molecule is CCNCc1ccncc1N(CC)C(C)CC. The fraction of sp³-hybridized carbons (Fsp3) is 0.643. The first-order valence-electron chi connectivity index (χ1n) is 6.64. The van der Waals surface area contributed by atoms with Gasteiger partial charge in [-0.25, -0.2) is 0 Å². The van der Waals surface area contributed by atoms with Gasteiger partial charge >= 0.3 is 0 Å². The van der Waals surface area contributed by atoms with Crippen LogP contribution in [-0.2, 0) is 6.54 Å². The van der Waals surface area contributed by atoms with Crippen LogP contribution in [0.2, 0.25) is 0 Å². The van der Waals surface area contributed by atoms with Crippen LogP contribution in [0.5, 0.6) is 0 Å². The van der Waals surface area contributed by atoms with Crippen LogP contribution in [0.1, 0.15) is 39.7 Å². The van der Waals surface area contributed by atoms with Gasteiger partial charge in [0, 0.05) is 25.3 Å². The fourth-order valence-corrected chi connectivity index (χ4v) is 2.02. The number of nitrogens with zero attached hydrogens (tertiary/aromatic N) is 2. The molecule has 1 aromatic heterocycles. The Labute approximate surface area is 105 Å². The minimum absolute atomic E-state index is 0.560. The van der Waals surface area contributed by atoms with Crippen molar-refractivity contribution in [2.24, 2.45) is 0 Å². The van der Waals surface area contributed by atoms with Crippen molar-refractivity contribution in [1.82, 2.24) is 10.3 Å². The van der Waals surface area contributed by atoms with Crippen molar-refractivity contribution in [1.29, 1.82) is 0 Å². The summed E-state index contributed by atoms with van der Waals surface area (Å²) in [5.74, 6) is 0. The number of pyridine rings is 1. The van der Waals surface area contributed by atoms with Crippen LogP contribution in [0.3, 0.4) is 0 Å². The Kier molecular flexibility index (Phi) is 5.98. The van der Waals surface area contributed by atoms with Crippen LogP contribution < -0.4 is 10.2 Å². The number of rotatable bonds is 7. The van der Waals surface area contributed by atoms with E-state index in [2.05, 4.69) is 49.0 Å².